The van der Waals surface area contributed by atoms with Crippen molar-refractivity contribution in [2.75, 3.05) is 33.0 Å². The van der Waals surface area contributed by atoms with E-state index < -0.39 is 0 Å². The number of hydrogen-bond acceptors (Lipinski definition) is 6. The summed E-state index contributed by atoms with van der Waals surface area (Å²) >= 11 is 0. The quantitative estimate of drug-likeness (QED) is 0.795. The maximum Gasteiger partial charge on any atom is 0.255 e. The van der Waals surface area contributed by atoms with Crippen molar-refractivity contribution in [3.05, 3.63) is 23.4 Å². The van der Waals surface area contributed by atoms with Gasteiger partial charge >= 0.3 is 0 Å². The summed E-state index contributed by atoms with van der Waals surface area (Å²) < 4.78 is 4.75. The molecule has 158 valence electrons. The number of aldehydes is 1. The fourth-order valence-corrected chi connectivity index (χ4v) is 3.43. The summed E-state index contributed by atoms with van der Waals surface area (Å²) in [5.41, 5.74) is 6.50. The van der Waals surface area contributed by atoms with Crippen molar-refractivity contribution in [2.45, 2.75) is 65.1 Å². The standard InChI is InChI=1S/C15H20N4O2.C4H10O.C2H6/c1-10-12(3-4-13(16)17-10)14(21)19-6-5-15(9-20)7-11(8-19)18(15)2;1-4(2)5-3;1-2/h3-4,9,11H,5-8H2,1-2H3,(H2,16,17);4H,1-3H3;1-2H3. The first kappa shape index (κ1) is 24.0. The topological polar surface area (TPSA) is 88.8 Å². The zero-order valence-corrected chi connectivity index (χ0v) is 18.4. The zero-order chi connectivity index (χ0) is 21.5. The number of carbonyl (C=O) groups excluding carboxylic acids is 2. The SMILES string of the molecule is CC.COC(C)C.Cc1nc(N)ccc1C(=O)N1CCC2(C=O)CC(C1)N2C. The van der Waals surface area contributed by atoms with Gasteiger partial charge in [0.1, 0.15) is 12.1 Å². The highest BCUT2D eigenvalue weighted by Crippen LogP contribution is 2.39. The van der Waals surface area contributed by atoms with E-state index in [1.165, 1.54) is 0 Å². The molecule has 2 bridgehead atoms. The lowest BCUT2D eigenvalue weighted by Crippen LogP contribution is -2.65. The number of nitrogens with two attached hydrogens (primary N) is 1. The highest BCUT2D eigenvalue weighted by molar-refractivity contribution is 5.95. The van der Waals surface area contributed by atoms with Crippen molar-refractivity contribution in [3.8, 4) is 0 Å². The first-order valence-electron chi connectivity index (χ1n) is 9.98. The van der Waals surface area contributed by atoms with Crippen LogP contribution in [0, 0.1) is 6.92 Å². The summed E-state index contributed by atoms with van der Waals surface area (Å²) in [6.07, 6.45) is 2.95. The molecule has 1 amide bonds. The predicted octanol–water partition coefficient (Wildman–Crippen LogP) is 2.53. The molecule has 2 N–H and O–H groups in total. The summed E-state index contributed by atoms with van der Waals surface area (Å²) in [5, 5.41) is 0. The van der Waals surface area contributed by atoms with Crippen molar-refractivity contribution < 1.29 is 14.3 Å². The first-order chi connectivity index (χ1) is 13.2. The van der Waals surface area contributed by atoms with Crippen LogP contribution in [0.15, 0.2) is 12.1 Å². The Balaban J connectivity index is 0.000000490. The molecule has 0 aliphatic carbocycles. The Morgan fingerprint density at radius 1 is 1.39 bits per heavy atom. The minimum absolute atomic E-state index is 0.0259. The lowest BCUT2D eigenvalue weighted by molar-refractivity contribution is -0.130. The third kappa shape index (κ3) is 5.29. The van der Waals surface area contributed by atoms with E-state index in [1.807, 2.05) is 39.6 Å². The second-order valence-corrected chi connectivity index (χ2v) is 7.34. The highest BCUT2D eigenvalue weighted by Gasteiger charge is 2.52. The molecular formula is C21H36N4O3. The van der Waals surface area contributed by atoms with Crippen LogP contribution in [-0.4, -0.2) is 71.9 Å². The number of hydrogen-bond donors (Lipinski definition) is 1. The predicted molar refractivity (Wildman–Crippen MR) is 112 cm³/mol. The number of carbonyl (C=O) groups is 2. The molecule has 28 heavy (non-hydrogen) atoms. The van der Waals surface area contributed by atoms with Crippen LogP contribution in [0.5, 0.6) is 0 Å². The van der Waals surface area contributed by atoms with Crippen LogP contribution in [0.3, 0.4) is 0 Å². The Hall–Kier alpha value is -1.99. The van der Waals surface area contributed by atoms with Gasteiger partial charge in [0, 0.05) is 26.2 Å². The number of nitrogens with zero attached hydrogens (tertiary/aromatic N) is 3. The molecule has 3 aliphatic rings. The highest BCUT2D eigenvalue weighted by atomic mass is 16.5. The van der Waals surface area contributed by atoms with E-state index in [-0.39, 0.29) is 17.5 Å². The molecule has 1 aromatic heterocycles. The number of aryl methyl sites for hydroxylation is 1. The molecule has 7 heteroatoms. The molecule has 3 aliphatic heterocycles. The van der Waals surface area contributed by atoms with Crippen molar-refractivity contribution in [3.63, 3.8) is 0 Å². The Kier molecular flexibility index (Phi) is 9.04. The number of anilines is 1. The summed E-state index contributed by atoms with van der Waals surface area (Å²) in [6.45, 7) is 11.1. The van der Waals surface area contributed by atoms with Gasteiger partial charge in [-0.25, -0.2) is 4.98 Å². The molecule has 4 rings (SSSR count). The Morgan fingerprint density at radius 2 is 2.00 bits per heavy atom. The third-order valence-corrected chi connectivity index (χ3v) is 5.40. The van der Waals surface area contributed by atoms with Gasteiger partial charge in [0.25, 0.3) is 5.91 Å². The van der Waals surface area contributed by atoms with Gasteiger partial charge in [-0.1, -0.05) is 13.8 Å². The van der Waals surface area contributed by atoms with Crippen molar-refractivity contribution in [2.24, 2.45) is 0 Å². The summed E-state index contributed by atoms with van der Waals surface area (Å²) in [7, 11) is 3.66. The first-order valence-corrected chi connectivity index (χ1v) is 9.98. The Morgan fingerprint density at radius 3 is 2.46 bits per heavy atom. The Bertz CT molecular complexity index is 665. The second-order valence-electron chi connectivity index (χ2n) is 7.34. The molecular weight excluding hydrogens is 356 g/mol. The van der Waals surface area contributed by atoms with Gasteiger partial charge in [-0.3, -0.25) is 9.69 Å². The lowest BCUT2D eigenvalue weighted by Gasteiger charge is -2.51. The molecule has 3 fully saturated rings. The number of rotatable bonds is 3. The minimum atomic E-state index is -0.367. The third-order valence-electron chi connectivity index (χ3n) is 5.40. The average molecular weight is 393 g/mol. The average Bonchev–Trinajstić information content (AvgIpc) is 2.98. The molecule has 7 nitrogen and oxygen atoms in total. The minimum Gasteiger partial charge on any atom is -0.384 e. The molecule has 0 saturated carbocycles. The van der Waals surface area contributed by atoms with Gasteiger partial charge in [0.15, 0.2) is 0 Å². The molecule has 1 aromatic rings. The number of ether oxygens (including phenoxy) is 1. The largest absolute Gasteiger partial charge is 0.384 e. The van der Waals surface area contributed by atoms with Crippen LogP contribution >= 0.6 is 0 Å². The van der Waals surface area contributed by atoms with Crippen molar-refractivity contribution >= 4 is 18.0 Å². The molecule has 2 atom stereocenters. The number of methoxy groups -OCH3 is 1. The van der Waals surface area contributed by atoms with Crippen LogP contribution in [0.4, 0.5) is 5.82 Å². The molecule has 2 unspecified atom stereocenters. The maximum atomic E-state index is 12.7. The number of likely N-dealkylation sites (N-methyl/N-ethyl adjacent to an activating group) is 1. The van der Waals surface area contributed by atoms with Crippen molar-refractivity contribution in [1.82, 2.24) is 14.8 Å². The van der Waals surface area contributed by atoms with Crippen LogP contribution < -0.4 is 5.73 Å². The number of aromatic nitrogens is 1. The normalized spacial score (nSPS) is 23.4. The second kappa shape index (κ2) is 10.5. The van der Waals surface area contributed by atoms with Gasteiger partial charge < -0.3 is 20.2 Å². The smallest absolute Gasteiger partial charge is 0.255 e. The lowest BCUT2D eigenvalue weighted by atomic mass is 9.79. The van der Waals surface area contributed by atoms with E-state index in [0.29, 0.717) is 42.7 Å². The molecule has 3 saturated heterocycles. The van der Waals surface area contributed by atoms with E-state index in [2.05, 4.69) is 9.88 Å². The molecule has 0 spiro atoms. The van der Waals surface area contributed by atoms with Gasteiger partial charge in [-0.15, -0.1) is 0 Å². The number of amides is 1. The van der Waals surface area contributed by atoms with E-state index >= 15 is 0 Å². The molecule has 0 radical (unpaired) electrons. The maximum absolute atomic E-state index is 12.7. The zero-order valence-electron chi connectivity index (χ0n) is 18.4. The van der Waals surface area contributed by atoms with Crippen LogP contribution in [0.25, 0.3) is 0 Å². The van der Waals surface area contributed by atoms with E-state index in [0.717, 1.165) is 12.7 Å². The van der Waals surface area contributed by atoms with E-state index in [1.54, 1.807) is 26.2 Å². The van der Waals surface area contributed by atoms with Crippen LogP contribution in [0.1, 0.15) is 56.6 Å². The number of fused-ring (bicyclic) bond motifs is 3. The fraction of sp³-hybridized carbons (Fsp3) is 0.667. The van der Waals surface area contributed by atoms with Gasteiger partial charge in [-0.05, 0) is 52.8 Å². The molecule has 4 heterocycles. The monoisotopic (exact) mass is 392 g/mol. The summed E-state index contributed by atoms with van der Waals surface area (Å²) in [5.74, 6) is 0.392. The van der Waals surface area contributed by atoms with E-state index in [9.17, 15) is 9.59 Å². The summed E-state index contributed by atoms with van der Waals surface area (Å²) in [4.78, 5) is 32.1. The fourth-order valence-electron chi connectivity index (χ4n) is 3.43. The number of nitrogen functional groups attached to an aromatic ring is 1. The molecule has 0 aromatic carbocycles. The Labute approximate surface area is 169 Å². The van der Waals surface area contributed by atoms with Gasteiger partial charge in [-0.2, -0.15) is 0 Å². The van der Waals surface area contributed by atoms with Gasteiger partial charge in [0.05, 0.1) is 22.9 Å². The van der Waals surface area contributed by atoms with Crippen LogP contribution in [-0.2, 0) is 9.53 Å². The number of pyridine rings is 1. The van der Waals surface area contributed by atoms with Gasteiger partial charge in [0.2, 0.25) is 0 Å². The van der Waals surface area contributed by atoms with Crippen molar-refractivity contribution in [1.29, 1.82) is 0 Å². The van der Waals surface area contributed by atoms with E-state index in [4.69, 9.17) is 10.5 Å². The van der Waals surface area contributed by atoms with Crippen LogP contribution in [0.2, 0.25) is 0 Å². The summed E-state index contributed by atoms with van der Waals surface area (Å²) in [6, 6.07) is 3.65.